The van der Waals surface area contributed by atoms with Crippen molar-refractivity contribution in [1.29, 1.82) is 0 Å². The van der Waals surface area contributed by atoms with Crippen molar-refractivity contribution in [2.24, 2.45) is 0 Å². The number of para-hydroxylation sites is 4. The number of aromatic nitrogens is 2. The summed E-state index contributed by atoms with van der Waals surface area (Å²) in [5, 5.41) is 10.5. The summed E-state index contributed by atoms with van der Waals surface area (Å²) in [7, 11) is -2.78. The van der Waals surface area contributed by atoms with Gasteiger partial charge in [-0.3, -0.25) is 0 Å². The van der Waals surface area contributed by atoms with E-state index in [4.69, 9.17) is 0 Å². The Balaban J connectivity index is 1.06. The van der Waals surface area contributed by atoms with Gasteiger partial charge in [0.1, 0.15) is 0 Å². The molecule has 0 N–H and O–H groups in total. The molecule has 3 heterocycles. The summed E-state index contributed by atoms with van der Waals surface area (Å²) in [4.78, 5) is 4.92. The Bertz CT molecular complexity index is 3640. The van der Waals surface area contributed by atoms with Crippen LogP contribution in [0.5, 0.6) is 0 Å². The molecular weight excluding hydrogens is 823 g/mol. The van der Waals surface area contributed by atoms with E-state index in [-0.39, 0.29) is 0 Å². The Morgan fingerprint density at radius 1 is 0.308 bits per heavy atom. The van der Waals surface area contributed by atoms with Crippen LogP contribution in [0.25, 0.3) is 55.0 Å². The first kappa shape index (κ1) is 37.7. The maximum atomic E-state index is 2.52. The zero-order valence-electron chi connectivity index (χ0n) is 35.4. The van der Waals surface area contributed by atoms with Crippen molar-refractivity contribution in [1.82, 2.24) is 9.13 Å². The molecule has 0 atom stereocenters. The van der Waals surface area contributed by atoms with E-state index in [1.165, 1.54) is 85.5 Å². The Morgan fingerprint density at radius 3 is 1.42 bits per heavy atom. The second-order valence-electron chi connectivity index (χ2n) is 16.9. The lowest BCUT2D eigenvalue weighted by Gasteiger charge is -2.37. The first-order valence-corrected chi connectivity index (χ1v) is 25.1. The van der Waals surface area contributed by atoms with Crippen LogP contribution in [0.2, 0.25) is 0 Å². The zero-order valence-corrected chi connectivity index (χ0v) is 37.2. The molecule has 0 bridgehead atoms. The molecule has 10 aromatic carbocycles. The highest BCUT2D eigenvalue weighted by atomic mass is 32.2. The van der Waals surface area contributed by atoms with Gasteiger partial charge in [0.05, 0.1) is 33.4 Å². The van der Waals surface area contributed by atoms with Crippen LogP contribution < -0.4 is 25.6 Å². The van der Waals surface area contributed by atoms with E-state index in [1.807, 2.05) is 11.8 Å². The van der Waals surface area contributed by atoms with Crippen LogP contribution in [0.3, 0.4) is 0 Å². The van der Waals surface area contributed by atoms with Gasteiger partial charge in [0.15, 0.2) is 8.07 Å². The van der Waals surface area contributed by atoms with Gasteiger partial charge in [-0.1, -0.05) is 188 Å². The first-order valence-electron chi connectivity index (χ1n) is 22.3. The van der Waals surface area contributed by atoms with Gasteiger partial charge in [0.25, 0.3) is 0 Å². The lowest BCUT2D eigenvalue weighted by atomic mass is 10.1. The van der Waals surface area contributed by atoms with E-state index in [0.717, 1.165) is 17.1 Å². The fraction of sp³-hybridized carbons (Fsp3) is 0. The molecule has 0 unspecified atom stereocenters. The van der Waals surface area contributed by atoms with Crippen molar-refractivity contribution < 1.29 is 0 Å². The molecule has 1 aliphatic rings. The van der Waals surface area contributed by atoms with E-state index in [0.29, 0.717) is 0 Å². The topological polar surface area (TPSA) is 13.1 Å². The molecular formula is C60H41N3SSi. The number of rotatable bonds is 7. The third-order valence-electron chi connectivity index (χ3n) is 13.4. The van der Waals surface area contributed by atoms with Crippen molar-refractivity contribution in [3.05, 3.63) is 249 Å². The molecule has 0 radical (unpaired) electrons. The fourth-order valence-corrected chi connectivity index (χ4v) is 16.7. The number of fused-ring (bicyclic) bond motifs is 9. The van der Waals surface area contributed by atoms with E-state index in [2.05, 4.69) is 263 Å². The summed E-state index contributed by atoms with van der Waals surface area (Å²) in [5.41, 5.74) is 10.6. The highest BCUT2D eigenvalue weighted by Crippen LogP contribution is 2.52. The maximum Gasteiger partial charge on any atom is 0.179 e. The number of anilines is 3. The summed E-state index contributed by atoms with van der Waals surface area (Å²) in [6.07, 6.45) is 0. The molecule has 5 heteroatoms. The average Bonchev–Trinajstić information content (AvgIpc) is 3.90. The Hall–Kier alpha value is -7.83. The van der Waals surface area contributed by atoms with Gasteiger partial charge in [-0.05, 0) is 93.5 Å². The van der Waals surface area contributed by atoms with Crippen molar-refractivity contribution in [3.63, 3.8) is 0 Å². The van der Waals surface area contributed by atoms with E-state index >= 15 is 0 Å². The van der Waals surface area contributed by atoms with Crippen LogP contribution in [0.4, 0.5) is 17.1 Å². The Morgan fingerprint density at radius 2 is 0.800 bits per heavy atom. The molecule has 0 spiro atoms. The number of hydrogen-bond donors (Lipinski definition) is 0. The minimum atomic E-state index is -2.78. The summed E-state index contributed by atoms with van der Waals surface area (Å²) >= 11 is 1.89. The minimum Gasteiger partial charge on any atom is -0.309 e. The van der Waals surface area contributed by atoms with Crippen LogP contribution in [0, 0.1) is 0 Å². The van der Waals surface area contributed by atoms with Gasteiger partial charge in [-0.25, -0.2) is 0 Å². The molecule has 13 rings (SSSR count). The molecule has 0 aliphatic carbocycles. The maximum absolute atomic E-state index is 2.78. The highest BCUT2D eigenvalue weighted by Gasteiger charge is 2.42. The summed E-state index contributed by atoms with van der Waals surface area (Å²) in [5.74, 6) is 0. The molecule has 12 aromatic rings. The third kappa shape index (κ3) is 5.76. The molecule has 2 aromatic heterocycles. The monoisotopic (exact) mass is 863 g/mol. The van der Waals surface area contributed by atoms with Crippen LogP contribution in [-0.2, 0) is 0 Å². The van der Waals surface area contributed by atoms with Gasteiger partial charge in [-0.2, -0.15) is 0 Å². The molecule has 0 amide bonds. The summed E-state index contributed by atoms with van der Waals surface area (Å²) < 4.78 is 4.94. The predicted octanol–water partition coefficient (Wildman–Crippen LogP) is 13.2. The molecule has 0 fully saturated rings. The third-order valence-corrected chi connectivity index (χ3v) is 19.3. The van der Waals surface area contributed by atoms with Crippen molar-refractivity contribution in [2.45, 2.75) is 9.79 Å². The molecule has 3 nitrogen and oxygen atoms in total. The predicted molar refractivity (Wildman–Crippen MR) is 278 cm³/mol. The van der Waals surface area contributed by atoms with E-state index < -0.39 is 8.07 Å². The number of nitrogens with zero attached hydrogens (tertiary/aromatic N) is 3. The molecule has 306 valence electrons. The van der Waals surface area contributed by atoms with E-state index in [1.54, 1.807) is 0 Å². The van der Waals surface area contributed by atoms with Crippen molar-refractivity contribution >= 4 is 101 Å². The van der Waals surface area contributed by atoms with Gasteiger partial charge < -0.3 is 14.0 Å². The summed E-state index contributed by atoms with van der Waals surface area (Å²) in [6.45, 7) is 0. The minimum absolute atomic E-state index is 1.14. The lowest BCUT2D eigenvalue weighted by Crippen LogP contribution is -2.74. The van der Waals surface area contributed by atoms with Gasteiger partial charge in [0.2, 0.25) is 0 Å². The molecule has 0 saturated heterocycles. The fourth-order valence-electron chi connectivity index (χ4n) is 10.7. The molecule has 65 heavy (non-hydrogen) atoms. The lowest BCUT2D eigenvalue weighted by molar-refractivity contribution is 1.13. The first-order chi connectivity index (χ1) is 32.3. The SMILES string of the molecule is c1ccc(N2c3ccc(-n4c5ccccc5c5ccc6c(c7ccccc7n6-c6ccccc6)c54)cc3Sc3cc([Si](c4ccccc4)(c4ccccc4)c4ccccc4)ccc32)cc1. The van der Waals surface area contributed by atoms with E-state index in [9.17, 15) is 0 Å². The average molecular weight is 864 g/mol. The Kier molecular flexibility index (Phi) is 8.80. The highest BCUT2D eigenvalue weighted by molar-refractivity contribution is 7.99. The molecule has 1 aliphatic heterocycles. The normalized spacial score (nSPS) is 12.5. The second kappa shape index (κ2) is 15.2. The Labute approximate surface area is 383 Å². The standard InChI is InChI=1S/C60H41N3SSi/c1-6-20-42(21-7-1)61-53-33-19-17-31-51(53)59-56(61)39-36-50-49-30-16-18-32-52(49)63(60(50)59)44-34-37-54-57(40-44)64-58-41-48(35-38-55(58)62(54)43-22-8-2-9-23-43)65(45-24-10-3-11-25-45,46-26-12-4-13-27-46)47-28-14-5-15-29-47/h1-41H. The summed E-state index contributed by atoms with van der Waals surface area (Å²) in [6, 6.07) is 92.1. The number of hydrogen-bond acceptors (Lipinski definition) is 2. The number of benzene rings is 10. The van der Waals surface area contributed by atoms with Crippen LogP contribution >= 0.6 is 11.8 Å². The zero-order chi connectivity index (χ0) is 42.9. The van der Waals surface area contributed by atoms with Gasteiger partial charge in [0, 0.05) is 48.4 Å². The van der Waals surface area contributed by atoms with Gasteiger partial charge in [-0.15, -0.1) is 0 Å². The smallest absolute Gasteiger partial charge is 0.179 e. The quantitative estimate of drug-likeness (QED) is 0.117. The molecule has 0 saturated carbocycles. The van der Waals surface area contributed by atoms with Crippen LogP contribution in [-0.4, -0.2) is 17.2 Å². The van der Waals surface area contributed by atoms with Gasteiger partial charge >= 0.3 is 0 Å². The second-order valence-corrected chi connectivity index (χ2v) is 21.7. The van der Waals surface area contributed by atoms with Crippen LogP contribution in [0.1, 0.15) is 0 Å². The largest absolute Gasteiger partial charge is 0.309 e. The van der Waals surface area contributed by atoms with Crippen molar-refractivity contribution in [2.75, 3.05) is 4.90 Å². The van der Waals surface area contributed by atoms with Crippen molar-refractivity contribution in [3.8, 4) is 11.4 Å². The van der Waals surface area contributed by atoms with Crippen LogP contribution in [0.15, 0.2) is 259 Å².